The summed E-state index contributed by atoms with van der Waals surface area (Å²) in [6.07, 6.45) is 1.70. The summed E-state index contributed by atoms with van der Waals surface area (Å²) < 4.78 is 5.11. The standard InChI is InChI=1S/C21H18N4O4/c26-19(22-14-8-9-15-16(12-14)25-21(28)24-15)17(11-13-5-2-1-3-6-13)23-20(27)18-7-4-10-29-18/h1-10,12,17H,11H2,(H,22,26)(H,23,27)(H2,24,25,28). The predicted molar refractivity (Wildman–Crippen MR) is 108 cm³/mol. The van der Waals surface area contributed by atoms with Gasteiger partial charge in [0.2, 0.25) is 5.91 Å². The van der Waals surface area contributed by atoms with Crippen LogP contribution in [0.3, 0.4) is 0 Å². The van der Waals surface area contributed by atoms with Crippen LogP contribution >= 0.6 is 0 Å². The number of aromatic nitrogens is 2. The van der Waals surface area contributed by atoms with Crippen LogP contribution < -0.4 is 16.3 Å². The van der Waals surface area contributed by atoms with Crippen molar-refractivity contribution in [1.29, 1.82) is 0 Å². The van der Waals surface area contributed by atoms with Crippen molar-refractivity contribution in [3.63, 3.8) is 0 Å². The fourth-order valence-corrected chi connectivity index (χ4v) is 3.04. The normalized spacial score (nSPS) is 11.9. The van der Waals surface area contributed by atoms with Gasteiger partial charge < -0.3 is 25.0 Å². The Bertz CT molecular complexity index is 1190. The number of fused-ring (bicyclic) bond motifs is 1. The van der Waals surface area contributed by atoms with Crippen molar-refractivity contribution in [1.82, 2.24) is 15.3 Å². The van der Waals surface area contributed by atoms with Gasteiger partial charge in [-0.1, -0.05) is 30.3 Å². The number of aromatic amines is 2. The highest BCUT2D eigenvalue weighted by Gasteiger charge is 2.23. The van der Waals surface area contributed by atoms with Crippen LogP contribution in [0.5, 0.6) is 0 Å². The molecule has 0 radical (unpaired) electrons. The van der Waals surface area contributed by atoms with Gasteiger partial charge >= 0.3 is 5.69 Å². The van der Waals surface area contributed by atoms with Crippen molar-refractivity contribution in [2.45, 2.75) is 12.5 Å². The molecule has 2 aromatic carbocycles. The molecule has 0 bridgehead atoms. The number of furan rings is 1. The first-order valence-electron chi connectivity index (χ1n) is 9.00. The van der Waals surface area contributed by atoms with E-state index in [1.54, 1.807) is 24.3 Å². The molecular weight excluding hydrogens is 372 g/mol. The van der Waals surface area contributed by atoms with Crippen molar-refractivity contribution in [3.05, 3.63) is 88.7 Å². The first-order chi connectivity index (χ1) is 14.1. The van der Waals surface area contributed by atoms with Crippen LogP contribution in [0.15, 0.2) is 76.1 Å². The number of H-pyrrole nitrogens is 2. The number of carbonyl (C=O) groups is 2. The maximum absolute atomic E-state index is 12.9. The maximum Gasteiger partial charge on any atom is 0.323 e. The summed E-state index contributed by atoms with van der Waals surface area (Å²) in [4.78, 5) is 42.0. The number of nitrogens with one attached hydrogen (secondary N) is 4. The average Bonchev–Trinajstić information content (AvgIpc) is 3.37. The molecule has 1 atom stereocenters. The van der Waals surface area contributed by atoms with Gasteiger partial charge in [0.15, 0.2) is 5.76 Å². The lowest BCUT2D eigenvalue weighted by molar-refractivity contribution is -0.118. The van der Waals surface area contributed by atoms with Gasteiger partial charge in [-0.15, -0.1) is 0 Å². The first kappa shape index (κ1) is 18.3. The molecule has 29 heavy (non-hydrogen) atoms. The third kappa shape index (κ3) is 4.27. The fraction of sp³-hybridized carbons (Fsp3) is 0.0952. The van der Waals surface area contributed by atoms with Crippen LogP contribution in [-0.2, 0) is 11.2 Å². The number of anilines is 1. The highest BCUT2D eigenvalue weighted by molar-refractivity contribution is 6.01. The summed E-state index contributed by atoms with van der Waals surface area (Å²) in [7, 11) is 0. The zero-order valence-corrected chi connectivity index (χ0v) is 15.3. The zero-order chi connectivity index (χ0) is 20.2. The van der Waals surface area contributed by atoms with E-state index < -0.39 is 11.9 Å². The first-order valence-corrected chi connectivity index (χ1v) is 9.00. The maximum atomic E-state index is 12.9. The highest BCUT2D eigenvalue weighted by Crippen LogP contribution is 2.15. The van der Waals surface area contributed by atoms with Gasteiger partial charge in [-0.25, -0.2) is 4.79 Å². The third-order valence-electron chi connectivity index (χ3n) is 4.43. The molecular formula is C21H18N4O4. The van der Waals surface area contributed by atoms with E-state index in [2.05, 4.69) is 20.6 Å². The minimum atomic E-state index is -0.823. The lowest BCUT2D eigenvalue weighted by atomic mass is 10.0. The van der Waals surface area contributed by atoms with Crippen molar-refractivity contribution in [2.75, 3.05) is 5.32 Å². The molecule has 0 aliphatic rings. The summed E-state index contributed by atoms with van der Waals surface area (Å²) >= 11 is 0. The minimum Gasteiger partial charge on any atom is -0.459 e. The topological polar surface area (TPSA) is 120 Å². The predicted octanol–water partition coefficient (Wildman–Crippen LogP) is 2.43. The smallest absolute Gasteiger partial charge is 0.323 e. The lowest BCUT2D eigenvalue weighted by Gasteiger charge is -2.18. The van der Waals surface area contributed by atoms with Gasteiger partial charge in [-0.05, 0) is 35.9 Å². The lowest BCUT2D eigenvalue weighted by Crippen LogP contribution is -2.45. The van der Waals surface area contributed by atoms with Crippen LogP contribution in [0.4, 0.5) is 5.69 Å². The molecule has 2 heterocycles. The Morgan fingerprint density at radius 1 is 0.966 bits per heavy atom. The number of amides is 2. The van der Waals surface area contributed by atoms with Crippen molar-refractivity contribution in [3.8, 4) is 0 Å². The molecule has 2 aromatic heterocycles. The Kier molecular flexibility index (Phi) is 4.98. The molecule has 8 heteroatoms. The van der Waals surface area contributed by atoms with E-state index in [9.17, 15) is 14.4 Å². The van der Waals surface area contributed by atoms with Crippen molar-refractivity contribution >= 4 is 28.5 Å². The molecule has 0 fully saturated rings. The number of hydrogen-bond acceptors (Lipinski definition) is 4. The van der Waals surface area contributed by atoms with E-state index in [-0.39, 0.29) is 17.4 Å². The molecule has 0 aliphatic heterocycles. The molecule has 0 aliphatic carbocycles. The number of hydrogen-bond donors (Lipinski definition) is 4. The summed E-state index contributed by atoms with van der Waals surface area (Å²) in [5.41, 5.74) is 2.30. The molecule has 4 aromatic rings. The summed E-state index contributed by atoms with van der Waals surface area (Å²) in [6, 6.07) is 16.7. The van der Waals surface area contributed by atoms with Gasteiger partial charge in [0.25, 0.3) is 5.91 Å². The number of imidazole rings is 1. The second-order valence-corrected chi connectivity index (χ2v) is 6.52. The van der Waals surface area contributed by atoms with Crippen molar-refractivity contribution < 1.29 is 14.0 Å². The molecule has 8 nitrogen and oxygen atoms in total. The van der Waals surface area contributed by atoms with E-state index in [0.29, 0.717) is 23.1 Å². The fourth-order valence-electron chi connectivity index (χ4n) is 3.04. The molecule has 0 saturated heterocycles. The van der Waals surface area contributed by atoms with Crippen LogP contribution in [0.2, 0.25) is 0 Å². The highest BCUT2D eigenvalue weighted by atomic mass is 16.3. The second-order valence-electron chi connectivity index (χ2n) is 6.52. The second kappa shape index (κ2) is 7.89. The summed E-state index contributed by atoms with van der Waals surface area (Å²) in [6.45, 7) is 0. The van der Waals surface area contributed by atoms with Gasteiger partial charge in [0, 0.05) is 12.1 Å². The number of benzene rings is 2. The molecule has 0 saturated carbocycles. The van der Waals surface area contributed by atoms with Gasteiger partial charge in [-0.2, -0.15) is 0 Å². The Morgan fingerprint density at radius 2 is 1.76 bits per heavy atom. The van der Waals surface area contributed by atoms with Crippen LogP contribution in [0, 0.1) is 0 Å². The third-order valence-corrected chi connectivity index (χ3v) is 4.43. The van der Waals surface area contributed by atoms with Crippen LogP contribution in [0.25, 0.3) is 11.0 Å². The van der Waals surface area contributed by atoms with Gasteiger partial charge in [0.1, 0.15) is 6.04 Å². The molecule has 2 amide bonds. The molecule has 0 spiro atoms. The SMILES string of the molecule is O=C(NC(Cc1ccccc1)C(=O)Nc1ccc2[nH]c(=O)[nH]c2c1)c1ccco1. The number of carbonyl (C=O) groups excluding carboxylic acids is 2. The molecule has 146 valence electrons. The van der Waals surface area contributed by atoms with E-state index in [1.807, 2.05) is 30.3 Å². The molecule has 1 unspecified atom stereocenters. The Morgan fingerprint density at radius 3 is 2.52 bits per heavy atom. The Hall–Kier alpha value is -4.07. The zero-order valence-electron chi connectivity index (χ0n) is 15.3. The van der Waals surface area contributed by atoms with Crippen LogP contribution in [0.1, 0.15) is 16.1 Å². The summed E-state index contributed by atoms with van der Waals surface area (Å²) in [5, 5.41) is 5.51. The number of rotatable bonds is 6. The Balaban J connectivity index is 1.55. The Labute approximate surface area is 164 Å². The monoisotopic (exact) mass is 390 g/mol. The average molecular weight is 390 g/mol. The minimum absolute atomic E-state index is 0.127. The van der Waals surface area contributed by atoms with Gasteiger partial charge in [-0.3, -0.25) is 9.59 Å². The quantitative estimate of drug-likeness (QED) is 0.404. The van der Waals surface area contributed by atoms with Crippen molar-refractivity contribution in [2.24, 2.45) is 0 Å². The van der Waals surface area contributed by atoms with Crippen LogP contribution in [-0.4, -0.2) is 27.8 Å². The van der Waals surface area contributed by atoms with E-state index >= 15 is 0 Å². The molecule has 4 rings (SSSR count). The largest absolute Gasteiger partial charge is 0.459 e. The summed E-state index contributed by atoms with van der Waals surface area (Å²) in [5.74, 6) is -0.732. The van der Waals surface area contributed by atoms with E-state index in [0.717, 1.165) is 5.56 Å². The molecule has 4 N–H and O–H groups in total. The van der Waals surface area contributed by atoms with Gasteiger partial charge in [0.05, 0.1) is 17.3 Å². The van der Waals surface area contributed by atoms with E-state index in [4.69, 9.17) is 4.42 Å². The van der Waals surface area contributed by atoms with E-state index in [1.165, 1.54) is 12.3 Å².